The molecule has 1 N–H and O–H groups in total. The van der Waals surface area contributed by atoms with E-state index < -0.39 is 0 Å². The van der Waals surface area contributed by atoms with Gasteiger partial charge < -0.3 is 5.32 Å². The van der Waals surface area contributed by atoms with E-state index in [2.05, 4.69) is 17.4 Å². The summed E-state index contributed by atoms with van der Waals surface area (Å²) in [5, 5.41) is 3.51. The number of rotatable bonds is 4. The van der Waals surface area contributed by atoms with Gasteiger partial charge in [-0.25, -0.2) is 4.98 Å². The van der Waals surface area contributed by atoms with Crippen LogP contribution < -0.4 is 5.32 Å². The van der Waals surface area contributed by atoms with E-state index in [4.69, 9.17) is 16.6 Å². The van der Waals surface area contributed by atoms with E-state index in [-0.39, 0.29) is 0 Å². The van der Waals surface area contributed by atoms with Gasteiger partial charge in [0, 0.05) is 23.5 Å². The molecule has 1 fully saturated rings. The second kappa shape index (κ2) is 5.08. The molecular weight excluding hydrogens is 244 g/mol. The molecule has 18 heavy (non-hydrogen) atoms. The molecule has 1 heterocycles. The Bertz CT molecular complexity index is 425. The predicted octanol–water partition coefficient (Wildman–Crippen LogP) is 3.78. The van der Waals surface area contributed by atoms with Crippen LogP contribution in [0.1, 0.15) is 43.4 Å². The highest BCUT2D eigenvalue weighted by Gasteiger charge is 2.32. The van der Waals surface area contributed by atoms with Gasteiger partial charge in [0.15, 0.2) is 0 Å². The minimum absolute atomic E-state index is 0.308. The van der Waals surface area contributed by atoms with Crippen molar-refractivity contribution < 1.29 is 0 Å². The van der Waals surface area contributed by atoms with Crippen LogP contribution in [0.2, 0.25) is 0 Å². The lowest BCUT2D eigenvalue weighted by Gasteiger charge is -2.26. The Hall–Kier alpha value is -0.760. The molecule has 1 aromatic rings. The van der Waals surface area contributed by atoms with Gasteiger partial charge in [-0.2, -0.15) is 0 Å². The number of fused-ring (bicyclic) bond motifs is 1. The van der Waals surface area contributed by atoms with Crippen molar-refractivity contribution in [3.8, 4) is 0 Å². The number of pyridine rings is 1. The summed E-state index contributed by atoms with van der Waals surface area (Å²) in [6.07, 6.45) is 8.78. The van der Waals surface area contributed by atoms with Gasteiger partial charge in [-0.3, -0.25) is 0 Å². The van der Waals surface area contributed by atoms with Crippen LogP contribution >= 0.6 is 11.6 Å². The third kappa shape index (κ3) is 2.35. The SMILES string of the molecule is ClCC1(CNc2ccc3c(n2)CCC3)CCCC1. The number of hydrogen-bond acceptors (Lipinski definition) is 2. The molecule has 0 aliphatic heterocycles. The number of anilines is 1. The molecular formula is C15H21ClN2. The highest BCUT2D eigenvalue weighted by Crippen LogP contribution is 2.39. The van der Waals surface area contributed by atoms with Crippen LogP contribution in [-0.2, 0) is 12.8 Å². The smallest absolute Gasteiger partial charge is 0.126 e. The van der Waals surface area contributed by atoms with Crippen molar-refractivity contribution in [2.45, 2.75) is 44.9 Å². The van der Waals surface area contributed by atoms with Crippen molar-refractivity contribution in [1.82, 2.24) is 4.98 Å². The molecule has 0 radical (unpaired) electrons. The number of nitrogens with one attached hydrogen (secondary N) is 1. The first kappa shape index (κ1) is 12.3. The molecule has 1 saturated carbocycles. The third-order valence-corrected chi connectivity index (χ3v) is 5.09. The molecule has 0 bridgehead atoms. The zero-order valence-corrected chi connectivity index (χ0v) is 11.6. The Labute approximate surface area is 114 Å². The zero-order valence-electron chi connectivity index (χ0n) is 10.8. The van der Waals surface area contributed by atoms with Crippen LogP contribution in [0.5, 0.6) is 0 Å². The van der Waals surface area contributed by atoms with E-state index in [9.17, 15) is 0 Å². The fourth-order valence-electron chi connectivity index (χ4n) is 3.28. The number of nitrogens with zero attached hydrogens (tertiary/aromatic N) is 1. The molecule has 3 rings (SSSR count). The van der Waals surface area contributed by atoms with Crippen LogP contribution in [0, 0.1) is 5.41 Å². The Morgan fingerprint density at radius 2 is 2.00 bits per heavy atom. The molecule has 98 valence electrons. The van der Waals surface area contributed by atoms with Gasteiger partial charge in [0.25, 0.3) is 0 Å². The first-order valence-corrected chi connectivity index (χ1v) is 7.63. The van der Waals surface area contributed by atoms with E-state index in [0.29, 0.717) is 5.41 Å². The molecule has 1 aromatic heterocycles. The quantitative estimate of drug-likeness (QED) is 0.837. The fraction of sp³-hybridized carbons (Fsp3) is 0.667. The lowest BCUT2D eigenvalue weighted by molar-refractivity contribution is 0.368. The minimum Gasteiger partial charge on any atom is -0.369 e. The molecule has 0 spiro atoms. The van der Waals surface area contributed by atoms with Crippen LogP contribution in [0.4, 0.5) is 5.82 Å². The van der Waals surface area contributed by atoms with Crippen molar-refractivity contribution in [1.29, 1.82) is 0 Å². The summed E-state index contributed by atoms with van der Waals surface area (Å²) >= 11 is 6.16. The highest BCUT2D eigenvalue weighted by atomic mass is 35.5. The van der Waals surface area contributed by atoms with Crippen molar-refractivity contribution >= 4 is 17.4 Å². The van der Waals surface area contributed by atoms with Crippen molar-refractivity contribution in [3.05, 3.63) is 23.4 Å². The summed E-state index contributed by atoms with van der Waals surface area (Å²) in [7, 11) is 0. The number of hydrogen-bond donors (Lipinski definition) is 1. The van der Waals surface area contributed by atoms with Crippen LogP contribution in [0.3, 0.4) is 0 Å². The van der Waals surface area contributed by atoms with Gasteiger partial charge in [0.2, 0.25) is 0 Å². The van der Waals surface area contributed by atoms with Gasteiger partial charge in [-0.15, -0.1) is 11.6 Å². The van der Waals surface area contributed by atoms with Gasteiger partial charge in [0.05, 0.1) is 0 Å². The zero-order chi connectivity index (χ0) is 12.4. The summed E-state index contributed by atoms with van der Waals surface area (Å²) in [5.41, 5.74) is 3.04. The first-order chi connectivity index (χ1) is 8.81. The van der Waals surface area contributed by atoms with Crippen LogP contribution in [0.25, 0.3) is 0 Å². The van der Waals surface area contributed by atoms with Crippen LogP contribution in [-0.4, -0.2) is 17.4 Å². The number of aryl methyl sites for hydroxylation is 2. The molecule has 0 saturated heterocycles. The van der Waals surface area contributed by atoms with Crippen molar-refractivity contribution in [3.63, 3.8) is 0 Å². The molecule has 0 amide bonds. The summed E-state index contributed by atoms with van der Waals surface area (Å²) in [6.45, 7) is 0.974. The highest BCUT2D eigenvalue weighted by molar-refractivity contribution is 6.18. The van der Waals surface area contributed by atoms with E-state index in [1.807, 2.05) is 0 Å². The summed E-state index contributed by atoms with van der Waals surface area (Å²) in [5.74, 6) is 1.80. The number of alkyl halides is 1. The second-order valence-corrected chi connectivity index (χ2v) is 6.12. The molecule has 0 aromatic carbocycles. The average molecular weight is 265 g/mol. The van der Waals surface area contributed by atoms with E-state index in [1.54, 1.807) is 0 Å². The maximum Gasteiger partial charge on any atom is 0.126 e. The lowest BCUT2D eigenvalue weighted by atomic mass is 9.88. The Balaban J connectivity index is 1.66. The minimum atomic E-state index is 0.308. The maximum atomic E-state index is 6.16. The Morgan fingerprint density at radius 1 is 1.17 bits per heavy atom. The first-order valence-electron chi connectivity index (χ1n) is 7.10. The number of halogens is 1. The van der Waals surface area contributed by atoms with Crippen molar-refractivity contribution in [2.75, 3.05) is 17.7 Å². The van der Waals surface area contributed by atoms with Gasteiger partial charge >= 0.3 is 0 Å². The molecule has 2 nitrogen and oxygen atoms in total. The van der Waals surface area contributed by atoms with Gasteiger partial charge in [-0.1, -0.05) is 18.9 Å². The Morgan fingerprint density at radius 3 is 2.78 bits per heavy atom. The van der Waals surface area contributed by atoms with Crippen molar-refractivity contribution in [2.24, 2.45) is 5.41 Å². The molecule has 3 heteroatoms. The normalized spacial score (nSPS) is 20.9. The molecule has 2 aliphatic carbocycles. The average Bonchev–Trinajstić information content (AvgIpc) is 3.05. The maximum absolute atomic E-state index is 6.16. The van der Waals surface area contributed by atoms with Gasteiger partial charge in [-0.05, 0) is 43.7 Å². The third-order valence-electron chi connectivity index (χ3n) is 4.52. The summed E-state index contributed by atoms with van der Waals surface area (Å²) in [4.78, 5) is 4.73. The topological polar surface area (TPSA) is 24.9 Å². The number of aromatic nitrogens is 1. The lowest BCUT2D eigenvalue weighted by Crippen LogP contribution is -2.28. The monoisotopic (exact) mass is 264 g/mol. The van der Waals surface area contributed by atoms with E-state index in [1.165, 1.54) is 49.8 Å². The molecule has 2 aliphatic rings. The Kier molecular flexibility index (Phi) is 3.47. The van der Waals surface area contributed by atoms with Crippen LogP contribution in [0.15, 0.2) is 12.1 Å². The standard InChI is InChI=1S/C15H21ClN2/c16-10-15(8-1-2-9-15)11-17-14-7-6-12-4-3-5-13(12)18-14/h6-7H,1-5,8-11H2,(H,17,18). The van der Waals surface area contributed by atoms with E-state index >= 15 is 0 Å². The summed E-state index contributed by atoms with van der Waals surface area (Å²) < 4.78 is 0. The fourth-order valence-corrected chi connectivity index (χ4v) is 3.64. The predicted molar refractivity (Wildman–Crippen MR) is 76.4 cm³/mol. The van der Waals surface area contributed by atoms with Gasteiger partial charge in [0.1, 0.15) is 5.82 Å². The van der Waals surface area contributed by atoms with E-state index in [0.717, 1.165) is 24.7 Å². The largest absolute Gasteiger partial charge is 0.369 e. The second-order valence-electron chi connectivity index (χ2n) is 5.85. The molecule has 0 atom stereocenters. The molecule has 0 unspecified atom stereocenters. The summed E-state index contributed by atoms with van der Waals surface area (Å²) in [6, 6.07) is 4.36.